The molecule has 0 saturated heterocycles. The summed E-state index contributed by atoms with van der Waals surface area (Å²) < 4.78 is 16.5. The van der Waals surface area contributed by atoms with E-state index in [1.54, 1.807) is 14.2 Å². The second-order valence-electron chi connectivity index (χ2n) is 6.92. The number of furan rings is 1. The van der Waals surface area contributed by atoms with Crippen molar-refractivity contribution in [1.82, 2.24) is 15.5 Å². The maximum absolute atomic E-state index is 12.3. The molecule has 0 bridgehead atoms. The van der Waals surface area contributed by atoms with Crippen LogP contribution in [0, 0.1) is 0 Å². The Balaban J connectivity index is 1.58. The fraction of sp³-hybridized carbons (Fsp3) is 0.318. The number of nitrogens with zero attached hydrogens (tertiary/aromatic N) is 1. The molecule has 0 saturated carbocycles. The number of para-hydroxylation sites is 1. The number of benzene rings is 2. The molecule has 0 radical (unpaired) electrons. The van der Waals surface area contributed by atoms with Gasteiger partial charge in [0, 0.05) is 18.5 Å². The fourth-order valence-corrected chi connectivity index (χ4v) is 3.13. The highest BCUT2D eigenvalue weighted by atomic mass is 16.5. The molecule has 2 N–H and O–H groups in total. The van der Waals surface area contributed by atoms with Crippen molar-refractivity contribution < 1.29 is 18.7 Å². The number of rotatable bonds is 8. The van der Waals surface area contributed by atoms with Crippen LogP contribution in [0.2, 0.25) is 0 Å². The van der Waals surface area contributed by atoms with Crippen LogP contribution in [0.3, 0.4) is 0 Å². The molecule has 0 aliphatic rings. The van der Waals surface area contributed by atoms with Gasteiger partial charge in [0.15, 0.2) is 11.5 Å². The van der Waals surface area contributed by atoms with Crippen LogP contribution < -0.4 is 20.1 Å². The first-order valence-electron chi connectivity index (χ1n) is 9.39. The summed E-state index contributed by atoms with van der Waals surface area (Å²) in [6, 6.07) is 15.1. The number of urea groups is 1. The zero-order valence-corrected chi connectivity index (χ0v) is 17.2. The highest BCUT2D eigenvalue weighted by molar-refractivity contribution is 5.78. The van der Waals surface area contributed by atoms with Gasteiger partial charge in [-0.2, -0.15) is 0 Å². The predicted octanol–water partition coefficient (Wildman–Crippen LogP) is 3.55. The van der Waals surface area contributed by atoms with Crippen molar-refractivity contribution in [3.8, 4) is 11.5 Å². The average molecular weight is 397 g/mol. The molecule has 1 aromatic heterocycles. The molecule has 3 rings (SSSR count). The fourth-order valence-electron chi connectivity index (χ4n) is 3.13. The van der Waals surface area contributed by atoms with Crippen molar-refractivity contribution in [2.24, 2.45) is 0 Å². The monoisotopic (exact) mass is 397 g/mol. The molecule has 2 amide bonds. The van der Waals surface area contributed by atoms with Crippen LogP contribution in [-0.4, -0.2) is 45.8 Å². The van der Waals surface area contributed by atoms with Crippen molar-refractivity contribution in [3.63, 3.8) is 0 Å². The number of methoxy groups -OCH3 is 2. The van der Waals surface area contributed by atoms with Crippen molar-refractivity contribution in [1.29, 1.82) is 0 Å². The van der Waals surface area contributed by atoms with Crippen LogP contribution in [0.4, 0.5) is 4.79 Å². The molecule has 3 aromatic rings. The van der Waals surface area contributed by atoms with Crippen LogP contribution in [0.15, 0.2) is 52.9 Å². The Morgan fingerprint density at radius 3 is 2.48 bits per heavy atom. The van der Waals surface area contributed by atoms with E-state index < -0.39 is 0 Å². The van der Waals surface area contributed by atoms with Crippen molar-refractivity contribution >= 4 is 17.0 Å². The molecule has 0 aliphatic carbocycles. The van der Waals surface area contributed by atoms with Gasteiger partial charge >= 0.3 is 6.03 Å². The highest BCUT2D eigenvalue weighted by Gasteiger charge is 2.19. The summed E-state index contributed by atoms with van der Waals surface area (Å²) in [4.78, 5) is 14.3. The Bertz CT molecular complexity index is 935. The lowest BCUT2D eigenvalue weighted by Crippen LogP contribution is -2.40. The van der Waals surface area contributed by atoms with Gasteiger partial charge in [0.05, 0.1) is 20.3 Å². The van der Waals surface area contributed by atoms with Gasteiger partial charge in [-0.15, -0.1) is 0 Å². The van der Waals surface area contributed by atoms with Gasteiger partial charge in [-0.3, -0.25) is 4.90 Å². The molecule has 7 nitrogen and oxygen atoms in total. The van der Waals surface area contributed by atoms with E-state index in [4.69, 9.17) is 13.9 Å². The lowest BCUT2D eigenvalue weighted by atomic mass is 10.2. The highest BCUT2D eigenvalue weighted by Crippen LogP contribution is 2.28. The second kappa shape index (κ2) is 9.34. The van der Waals surface area contributed by atoms with Gasteiger partial charge in [-0.1, -0.05) is 24.3 Å². The summed E-state index contributed by atoms with van der Waals surface area (Å²) >= 11 is 0. The van der Waals surface area contributed by atoms with E-state index in [1.807, 2.05) is 67.5 Å². The molecule has 0 spiro atoms. The number of hydrogen-bond donors (Lipinski definition) is 2. The van der Waals surface area contributed by atoms with Gasteiger partial charge in [-0.05, 0) is 43.9 Å². The van der Waals surface area contributed by atoms with Gasteiger partial charge in [0.25, 0.3) is 0 Å². The molecule has 154 valence electrons. The van der Waals surface area contributed by atoms with Crippen LogP contribution in [0.25, 0.3) is 11.0 Å². The van der Waals surface area contributed by atoms with Crippen molar-refractivity contribution in [2.45, 2.75) is 12.6 Å². The van der Waals surface area contributed by atoms with E-state index in [0.29, 0.717) is 24.6 Å². The number of likely N-dealkylation sites (N-methyl/N-ethyl adjacent to an activating group) is 1. The van der Waals surface area contributed by atoms with E-state index in [-0.39, 0.29) is 12.1 Å². The minimum Gasteiger partial charge on any atom is -0.493 e. The number of amides is 2. The quantitative estimate of drug-likeness (QED) is 0.608. The first-order valence-corrected chi connectivity index (χ1v) is 9.39. The molecule has 0 unspecified atom stereocenters. The van der Waals surface area contributed by atoms with E-state index >= 15 is 0 Å². The molecule has 7 heteroatoms. The lowest BCUT2D eigenvalue weighted by molar-refractivity contribution is 0.226. The van der Waals surface area contributed by atoms with E-state index in [0.717, 1.165) is 22.3 Å². The van der Waals surface area contributed by atoms with E-state index in [2.05, 4.69) is 10.6 Å². The normalized spacial score (nSPS) is 12.0. The van der Waals surface area contributed by atoms with Gasteiger partial charge < -0.3 is 24.5 Å². The number of ether oxygens (including phenoxy) is 2. The summed E-state index contributed by atoms with van der Waals surface area (Å²) in [6.45, 7) is 0.800. The molecule has 29 heavy (non-hydrogen) atoms. The molecule has 2 aromatic carbocycles. The topological polar surface area (TPSA) is 76.0 Å². The third kappa shape index (κ3) is 5.00. The first kappa shape index (κ1) is 20.5. The predicted molar refractivity (Wildman–Crippen MR) is 112 cm³/mol. The Morgan fingerprint density at radius 1 is 1.03 bits per heavy atom. The zero-order chi connectivity index (χ0) is 20.8. The van der Waals surface area contributed by atoms with Gasteiger partial charge in [0.2, 0.25) is 0 Å². The third-order valence-electron chi connectivity index (χ3n) is 4.75. The van der Waals surface area contributed by atoms with Crippen molar-refractivity contribution in [2.75, 3.05) is 34.9 Å². The Labute approximate surface area is 170 Å². The molecule has 1 atom stereocenters. The molecular weight excluding hydrogens is 370 g/mol. The SMILES string of the molecule is COc1ccc(CNC(=O)NC[C@H](c2cc3ccccc3o2)N(C)C)cc1OC. The number of nitrogens with one attached hydrogen (secondary N) is 2. The van der Waals surface area contributed by atoms with Gasteiger partial charge in [0.1, 0.15) is 11.3 Å². The van der Waals surface area contributed by atoms with Crippen LogP contribution in [-0.2, 0) is 6.54 Å². The zero-order valence-electron chi connectivity index (χ0n) is 17.2. The van der Waals surface area contributed by atoms with E-state index in [1.165, 1.54) is 0 Å². The number of carbonyl (C=O) groups is 1. The summed E-state index contributed by atoms with van der Waals surface area (Å²) in [5.74, 6) is 2.10. The molecule has 0 fully saturated rings. The Morgan fingerprint density at radius 2 is 1.79 bits per heavy atom. The lowest BCUT2D eigenvalue weighted by Gasteiger charge is -2.22. The summed E-state index contributed by atoms with van der Waals surface area (Å²) in [7, 11) is 7.09. The largest absolute Gasteiger partial charge is 0.493 e. The molecular formula is C22H27N3O4. The standard InChI is InChI=1S/C22H27N3O4/c1-25(2)17(20-12-16-7-5-6-8-18(16)29-20)14-24-22(26)23-13-15-9-10-19(27-3)21(11-15)28-4/h5-12,17H,13-14H2,1-4H3,(H2,23,24,26)/t17-/m1/s1. The summed E-state index contributed by atoms with van der Waals surface area (Å²) in [6.07, 6.45) is 0. The molecule has 1 heterocycles. The van der Waals surface area contributed by atoms with Crippen LogP contribution in [0.1, 0.15) is 17.4 Å². The van der Waals surface area contributed by atoms with Gasteiger partial charge in [-0.25, -0.2) is 4.79 Å². The maximum Gasteiger partial charge on any atom is 0.315 e. The Hall–Kier alpha value is -3.19. The summed E-state index contributed by atoms with van der Waals surface area (Å²) in [5.41, 5.74) is 1.76. The number of fused-ring (bicyclic) bond motifs is 1. The third-order valence-corrected chi connectivity index (χ3v) is 4.75. The average Bonchev–Trinajstić information content (AvgIpc) is 3.15. The second-order valence-corrected chi connectivity index (χ2v) is 6.92. The minimum atomic E-state index is -0.247. The maximum atomic E-state index is 12.3. The smallest absolute Gasteiger partial charge is 0.315 e. The van der Waals surface area contributed by atoms with Crippen molar-refractivity contribution in [3.05, 3.63) is 59.9 Å². The number of hydrogen-bond acceptors (Lipinski definition) is 5. The molecule has 0 aliphatic heterocycles. The Kier molecular flexibility index (Phi) is 6.61. The van der Waals surface area contributed by atoms with Crippen LogP contribution in [0.5, 0.6) is 11.5 Å². The first-order chi connectivity index (χ1) is 14.0. The van der Waals surface area contributed by atoms with E-state index in [9.17, 15) is 4.79 Å². The minimum absolute atomic E-state index is 0.0748. The summed E-state index contributed by atoms with van der Waals surface area (Å²) in [5, 5.41) is 6.83. The van der Waals surface area contributed by atoms with Crippen LogP contribution >= 0.6 is 0 Å². The number of carbonyl (C=O) groups excluding carboxylic acids is 1.